The van der Waals surface area contributed by atoms with E-state index < -0.39 is 5.97 Å². The van der Waals surface area contributed by atoms with Crippen molar-refractivity contribution >= 4 is 23.0 Å². The van der Waals surface area contributed by atoms with Crippen LogP contribution in [0, 0.1) is 6.92 Å². The third kappa shape index (κ3) is 2.13. The fraction of sp³-hybridized carbons (Fsp3) is 0.143. The van der Waals surface area contributed by atoms with Crippen molar-refractivity contribution in [3.63, 3.8) is 0 Å². The highest BCUT2D eigenvalue weighted by Crippen LogP contribution is 2.28. The van der Waals surface area contributed by atoms with E-state index in [0.29, 0.717) is 0 Å². The molecule has 0 radical (unpaired) electrons. The SMILES string of the molecule is Cc1ccn2c(CC(=O)O)c(-c3cccs3)nc2c1. The molecule has 3 aromatic heterocycles. The highest BCUT2D eigenvalue weighted by molar-refractivity contribution is 7.13. The molecule has 0 aromatic carbocycles. The summed E-state index contributed by atoms with van der Waals surface area (Å²) < 4.78 is 1.86. The first-order chi connectivity index (χ1) is 9.15. The molecule has 0 aliphatic carbocycles. The number of fused-ring (bicyclic) bond motifs is 1. The summed E-state index contributed by atoms with van der Waals surface area (Å²) >= 11 is 1.57. The number of nitrogens with zero attached hydrogens (tertiary/aromatic N) is 2. The van der Waals surface area contributed by atoms with Gasteiger partial charge in [0.15, 0.2) is 0 Å². The van der Waals surface area contributed by atoms with Crippen molar-refractivity contribution in [1.29, 1.82) is 0 Å². The minimum Gasteiger partial charge on any atom is -0.481 e. The number of hydrogen-bond donors (Lipinski definition) is 1. The molecule has 0 aliphatic heterocycles. The normalized spacial score (nSPS) is 11.0. The van der Waals surface area contributed by atoms with E-state index in [0.717, 1.165) is 27.5 Å². The molecule has 4 nitrogen and oxygen atoms in total. The van der Waals surface area contributed by atoms with E-state index in [4.69, 9.17) is 5.11 Å². The van der Waals surface area contributed by atoms with Crippen LogP contribution in [0.4, 0.5) is 0 Å². The van der Waals surface area contributed by atoms with Crippen LogP contribution in [0.15, 0.2) is 35.8 Å². The maximum atomic E-state index is 11.1. The summed E-state index contributed by atoms with van der Waals surface area (Å²) in [6, 6.07) is 7.82. The summed E-state index contributed by atoms with van der Waals surface area (Å²) in [5.41, 5.74) is 3.39. The standard InChI is InChI=1S/C14H12N2O2S/c1-9-4-5-16-10(8-13(17)18)14(15-12(16)7-9)11-3-2-6-19-11/h2-7H,8H2,1H3,(H,17,18). The molecule has 19 heavy (non-hydrogen) atoms. The number of aromatic nitrogens is 2. The zero-order chi connectivity index (χ0) is 13.4. The van der Waals surface area contributed by atoms with Gasteiger partial charge in [0, 0.05) is 6.20 Å². The number of carboxylic acid groups (broad SMARTS) is 1. The van der Waals surface area contributed by atoms with E-state index in [-0.39, 0.29) is 6.42 Å². The predicted molar refractivity (Wildman–Crippen MR) is 74.6 cm³/mol. The van der Waals surface area contributed by atoms with Crippen LogP contribution in [0.5, 0.6) is 0 Å². The molecule has 96 valence electrons. The van der Waals surface area contributed by atoms with Gasteiger partial charge >= 0.3 is 5.97 Å². The molecule has 0 fully saturated rings. The molecule has 0 saturated heterocycles. The van der Waals surface area contributed by atoms with Crippen molar-refractivity contribution in [3.8, 4) is 10.6 Å². The van der Waals surface area contributed by atoms with Crippen molar-refractivity contribution in [1.82, 2.24) is 9.38 Å². The van der Waals surface area contributed by atoms with Crippen molar-refractivity contribution in [2.75, 3.05) is 0 Å². The largest absolute Gasteiger partial charge is 0.481 e. The number of hydrogen-bond acceptors (Lipinski definition) is 3. The second kappa shape index (κ2) is 4.51. The van der Waals surface area contributed by atoms with Crippen LogP contribution >= 0.6 is 11.3 Å². The molecule has 1 N–H and O–H groups in total. The zero-order valence-corrected chi connectivity index (χ0v) is 11.1. The Balaban J connectivity index is 2.27. The van der Waals surface area contributed by atoms with Crippen LogP contribution in [0.25, 0.3) is 16.2 Å². The fourth-order valence-electron chi connectivity index (χ4n) is 2.12. The van der Waals surface area contributed by atoms with E-state index in [1.165, 1.54) is 0 Å². The van der Waals surface area contributed by atoms with Gasteiger partial charge in [0.05, 0.1) is 17.0 Å². The molecule has 0 spiro atoms. The lowest BCUT2D eigenvalue weighted by molar-refractivity contribution is -0.136. The van der Waals surface area contributed by atoms with Crippen LogP contribution in [-0.4, -0.2) is 20.5 Å². The molecule has 3 rings (SSSR count). The molecular weight excluding hydrogens is 260 g/mol. The summed E-state index contributed by atoms with van der Waals surface area (Å²) in [5, 5.41) is 11.1. The number of aliphatic carboxylic acids is 1. The van der Waals surface area contributed by atoms with Gasteiger partial charge in [0.25, 0.3) is 0 Å². The van der Waals surface area contributed by atoms with Crippen LogP contribution in [0.3, 0.4) is 0 Å². The highest BCUT2D eigenvalue weighted by atomic mass is 32.1. The molecular formula is C14H12N2O2S. The monoisotopic (exact) mass is 272 g/mol. The van der Waals surface area contributed by atoms with E-state index >= 15 is 0 Å². The number of pyridine rings is 1. The molecule has 0 aliphatic rings. The second-order valence-corrected chi connectivity index (χ2v) is 5.33. The van der Waals surface area contributed by atoms with E-state index in [1.807, 2.05) is 47.2 Å². The van der Waals surface area contributed by atoms with Crippen LogP contribution in [-0.2, 0) is 11.2 Å². The summed E-state index contributed by atoms with van der Waals surface area (Å²) in [6.07, 6.45) is 1.85. The average Bonchev–Trinajstić information content (AvgIpc) is 2.96. The number of carbonyl (C=O) groups is 1. The average molecular weight is 272 g/mol. The van der Waals surface area contributed by atoms with Gasteiger partial charge in [-0.1, -0.05) is 6.07 Å². The van der Waals surface area contributed by atoms with Crippen LogP contribution in [0.1, 0.15) is 11.3 Å². The molecule has 3 heterocycles. The van der Waals surface area contributed by atoms with Gasteiger partial charge in [-0.3, -0.25) is 4.79 Å². The Morgan fingerprint density at radius 2 is 2.32 bits per heavy atom. The Labute approximate surface area is 114 Å². The van der Waals surface area contributed by atoms with Gasteiger partial charge in [0.1, 0.15) is 11.3 Å². The number of rotatable bonds is 3. The third-order valence-corrected chi connectivity index (χ3v) is 3.83. The molecule has 0 amide bonds. The Hall–Kier alpha value is -2.14. The summed E-state index contributed by atoms with van der Waals surface area (Å²) in [6.45, 7) is 2.00. The predicted octanol–water partition coefficient (Wildman–Crippen LogP) is 3.00. The summed E-state index contributed by atoms with van der Waals surface area (Å²) in [4.78, 5) is 16.6. The molecule has 0 bridgehead atoms. The molecule has 0 saturated carbocycles. The van der Waals surface area contributed by atoms with Gasteiger partial charge in [0.2, 0.25) is 0 Å². The molecule has 5 heteroatoms. The van der Waals surface area contributed by atoms with Gasteiger partial charge in [-0.2, -0.15) is 0 Å². The molecule has 3 aromatic rings. The lowest BCUT2D eigenvalue weighted by Crippen LogP contribution is -2.04. The molecule has 0 unspecified atom stereocenters. The maximum Gasteiger partial charge on any atom is 0.309 e. The van der Waals surface area contributed by atoms with E-state index in [9.17, 15) is 4.79 Å². The third-order valence-electron chi connectivity index (χ3n) is 2.95. The lowest BCUT2D eigenvalue weighted by atomic mass is 10.2. The quantitative estimate of drug-likeness (QED) is 0.797. The number of carboxylic acids is 1. The number of aryl methyl sites for hydroxylation is 1. The minimum atomic E-state index is -0.847. The van der Waals surface area contributed by atoms with E-state index in [2.05, 4.69) is 4.98 Å². The van der Waals surface area contributed by atoms with Crippen LogP contribution in [0.2, 0.25) is 0 Å². The highest BCUT2D eigenvalue weighted by Gasteiger charge is 2.17. The minimum absolute atomic E-state index is 0.0303. The maximum absolute atomic E-state index is 11.1. The first kappa shape index (κ1) is 11.9. The van der Waals surface area contributed by atoms with Gasteiger partial charge < -0.3 is 9.51 Å². The van der Waals surface area contributed by atoms with Crippen LogP contribution < -0.4 is 0 Å². The Morgan fingerprint density at radius 1 is 1.47 bits per heavy atom. The smallest absolute Gasteiger partial charge is 0.309 e. The fourth-order valence-corrected chi connectivity index (χ4v) is 2.86. The van der Waals surface area contributed by atoms with Crippen molar-refractivity contribution < 1.29 is 9.90 Å². The summed E-state index contributed by atoms with van der Waals surface area (Å²) in [5.74, 6) is -0.847. The Bertz CT molecular complexity index is 744. The van der Waals surface area contributed by atoms with E-state index in [1.54, 1.807) is 11.3 Å². The topological polar surface area (TPSA) is 54.6 Å². The van der Waals surface area contributed by atoms with Crippen molar-refractivity contribution in [2.24, 2.45) is 0 Å². The lowest BCUT2D eigenvalue weighted by Gasteiger charge is -2.01. The zero-order valence-electron chi connectivity index (χ0n) is 10.3. The van der Waals surface area contributed by atoms with Crippen molar-refractivity contribution in [2.45, 2.75) is 13.3 Å². The number of imidazole rings is 1. The Morgan fingerprint density at radius 3 is 3.00 bits per heavy atom. The second-order valence-electron chi connectivity index (χ2n) is 4.39. The summed E-state index contributed by atoms with van der Waals surface area (Å²) in [7, 11) is 0. The first-order valence-corrected chi connectivity index (χ1v) is 6.76. The van der Waals surface area contributed by atoms with Crippen molar-refractivity contribution in [3.05, 3.63) is 47.1 Å². The van der Waals surface area contributed by atoms with Gasteiger partial charge in [-0.25, -0.2) is 4.98 Å². The first-order valence-electron chi connectivity index (χ1n) is 5.88. The molecule has 0 atom stereocenters. The Kier molecular flexibility index (Phi) is 2.83. The van der Waals surface area contributed by atoms with Gasteiger partial charge in [-0.15, -0.1) is 11.3 Å². The van der Waals surface area contributed by atoms with Gasteiger partial charge in [-0.05, 0) is 36.1 Å². The number of thiophene rings is 1.